The third-order valence-electron chi connectivity index (χ3n) is 4.71. The summed E-state index contributed by atoms with van der Waals surface area (Å²) in [4.78, 5) is 23.1. The molecule has 0 aliphatic carbocycles. The van der Waals surface area contributed by atoms with Crippen LogP contribution in [0.15, 0.2) is 23.1 Å². The number of sulfonamides is 1. The summed E-state index contributed by atoms with van der Waals surface area (Å²) in [5, 5.41) is 11.3. The first-order chi connectivity index (χ1) is 12.8. The number of amides is 1. The normalized spacial score (nSPS) is 19.3. The van der Waals surface area contributed by atoms with Gasteiger partial charge in [0.25, 0.3) is 0 Å². The molecule has 2 aliphatic rings. The second-order valence-corrected chi connectivity index (χ2v) is 8.49. The quantitative estimate of drug-likeness (QED) is 0.738. The zero-order valence-corrected chi connectivity index (χ0v) is 15.7. The number of ether oxygens (including phenoxy) is 2. The monoisotopic (exact) mass is 398 g/mol. The molecular weight excluding hydrogens is 376 g/mol. The van der Waals surface area contributed by atoms with Crippen molar-refractivity contribution >= 4 is 21.9 Å². The van der Waals surface area contributed by atoms with Gasteiger partial charge in [-0.05, 0) is 31.9 Å². The van der Waals surface area contributed by atoms with Crippen molar-refractivity contribution < 1.29 is 32.6 Å². The van der Waals surface area contributed by atoms with Crippen LogP contribution in [0.5, 0.6) is 11.5 Å². The number of rotatable bonds is 5. The number of carbonyl (C=O) groups is 2. The lowest BCUT2D eigenvalue weighted by Crippen LogP contribution is -2.46. The van der Waals surface area contributed by atoms with Gasteiger partial charge in [0.2, 0.25) is 15.9 Å². The number of fused-ring (bicyclic) bond motifs is 1. The van der Waals surface area contributed by atoms with E-state index in [2.05, 4.69) is 5.32 Å². The largest absolute Gasteiger partial charge is 0.486 e. The smallest absolute Gasteiger partial charge is 0.325 e. The van der Waals surface area contributed by atoms with Crippen molar-refractivity contribution in [1.82, 2.24) is 9.62 Å². The summed E-state index contributed by atoms with van der Waals surface area (Å²) in [6.45, 7) is 2.56. The van der Waals surface area contributed by atoms with E-state index < -0.39 is 28.0 Å². The van der Waals surface area contributed by atoms with Gasteiger partial charge in [-0.15, -0.1) is 0 Å². The van der Waals surface area contributed by atoms with Crippen molar-refractivity contribution in [3.8, 4) is 11.5 Å². The highest BCUT2D eigenvalue weighted by molar-refractivity contribution is 7.89. The van der Waals surface area contributed by atoms with Gasteiger partial charge in [0.1, 0.15) is 19.3 Å². The van der Waals surface area contributed by atoms with E-state index in [0.29, 0.717) is 37.6 Å². The Morgan fingerprint density at radius 3 is 2.44 bits per heavy atom. The van der Waals surface area contributed by atoms with E-state index in [0.717, 1.165) is 0 Å². The summed E-state index contributed by atoms with van der Waals surface area (Å²) in [5.74, 6) is -0.954. The van der Waals surface area contributed by atoms with Crippen molar-refractivity contribution in [2.45, 2.75) is 30.7 Å². The van der Waals surface area contributed by atoms with E-state index >= 15 is 0 Å². The second-order valence-electron chi connectivity index (χ2n) is 6.55. The van der Waals surface area contributed by atoms with Gasteiger partial charge in [-0.1, -0.05) is 0 Å². The van der Waals surface area contributed by atoms with Gasteiger partial charge in [0, 0.05) is 25.1 Å². The van der Waals surface area contributed by atoms with Gasteiger partial charge in [0.05, 0.1) is 4.90 Å². The molecule has 1 saturated heterocycles. The van der Waals surface area contributed by atoms with E-state index in [4.69, 9.17) is 14.6 Å². The average molecular weight is 398 g/mol. The van der Waals surface area contributed by atoms with Crippen LogP contribution in [-0.4, -0.2) is 62.1 Å². The van der Waals surface area contributed by atoms with Gasteiger partial charge >= 0.3 is 5.97 Å². The zero-order chi connectivity index (χ0) is 19.6. The molecule has 0 unspecified atom stereocenters. The summed E-state index contributed by atoms with van der Waals surface area (Å²) >= 11 is 0. The maximum atomic E-state index is 12.9. The molecule has 1 amide bonds. The summed E-state index contributed by atoms with van der Waals surface area (Å²) in [6.07, 6.45) is 0.671. The minimum absolute atomic E-state index is 0.120. The number of hydrogen-bond donors (Lipinski definition) is 2. The van der Waals surface area contributed by atoms with Crippen molar-refractivity contribution in [2.75, 3.05) is 26.3 Å². The summed E-state index contributed by atoms with van der Waals surface area (Å²) < 4.78 is 37.9. The molecule has 9 nitrogen and oxygen atoms in total. The van der Waals surface area contributed by atoms with Crippen molar-refractivity contribution in [3.05, 3.63) is 18.2 Å². The SMILES string of the molecule is C[C@H](NC(=O)C1CCN(S(=O)(=O)c2ccc3c(c2)OCCO3)CC1)C(=O)O. The Bertz CT molecular complexity index is 832. The number of hydrogen-bond acceptors (Lipinski definition) is 6. The summed E-state index contributed by atoms with van der Waals surface area (Å²) in [6, 6.07) is 3.54. The first kappa shape index (κ1) is 19.4. The summed E-state index contributed by atoms with van der Waals surface area (Å²) in [7, 11) is -3.71. The minimum atomic E-state index is -3.71. The highest BCUT2D eigenvalue weighted by atomic mass is 32.2. The van der Waals surface area contributed by atoms with Gasteiger partial charge in [0.15, 0.2) is 11.5 Å². The number of benzene rings is 1. The molecule has 1 aromatic rings. The summed E-state index contributed by atoms with van der Waals surface area (Å²) in [5.41, 5.74) is 0. The van der Waals surface area contributed by atoms with E-state index in [1.807, 2.05) is 0 Å². The first-order valence-corrected chi connectivity index (χ1v) is 10.2. The van der Waals surface area contributed by atoms with Crippen LogP contribution in [0.25, 0.3) is 0 Å². The topological polar surface area (TPSA) is 122 Å². The van der Waals surface area contributed by atoms with Crippen molar-refractivity contribution in [2.24, 2.45) is 5.92 Å². The Balaban J connectivity index is 1.65. The van der Waals surface area contributed by atoms with Gasteiger partial charge < -0.3 is 19.9 Å². The third kappa shape index (κ3) is 4.16. The van der Waals surface area contributed by atoms with Crippen LogP contribution in [0.2, 0.25) is 0 Å². The Morgan fingerprint density at radius 2 is 1.81 bits per heavy atom. The second kappa shape index (κ2) is 7.73. The fourth-order valence-corrected chi connectivity index (χ4v) is 4.57. The number of piperidine rings is 1. The lowest BCUT2D eigenvalue weighted by atomic mass is 9.97. The molecular formula is C17H22N2O7S. The molecule has 148 valence electrons. The molecule has 2 aliphatic heterocycles. The molecule has 3 rings (SSSR count). The van der Waals surface area contributed by atoms with Crippen LogP contribution >= 0.6 is 0 Å². The molecule has 2 N–H and O–H groups in total. The maximum Gasteiger partial charge on any atom is 0.325 e. The van der Waals surface area contributed by atoms with Crippen LogP contribution in [-0.2, 0) is 19.6 Å². The lowest BCUT2D eigenvalue weighted by molar-refractivity contribution is -0.142. The van der Waals surface area contributed by atoms with Gasteiger partial charge in [-0.25, -0.2) is 8.42 Å². The highest BCUT2D eigenvalue weighted by Gasteiger charge is 2.33. The third-order valence-corrected chi connectivity index (χ3v) is 6.60. The molecule has 1 fully saturated rings. The number of carboxylic acid groups (broad SMARTS) is 1. The van der Waals surface area contributed by atoms with Crippen LogP contribution in [0.4, 0.5) is 0 Å². The Kier molecular flexibility index (Phi) is 5.56. The fraction of sp³-hybridized carbons (Fsp3) is 0.529. The van der Waals surface area contributed by atoms with Gasteiger partial charge in [-0.2, -0.15) is 4.31 Å². The van der Waals surface area contributed by atoms with Crippen LogP contribution in [0.1, 0.15) is 19.8 Å². The number of carbonyl (C=O) groups excluding carboxylic acids is 1. The van der Waals surface area contributed by atoms with Crippen LogP contribution < -0.4 is 14.8 Å². The molecule has 0 bridgehead atoms. The minimum Gasteiger partial charge on any atom is -0.486 e. The van der Waals surface area contributed by atoms with Gasteiger partial charge in [-0.3, -0.25) is 9.59 Å². The van der Waals surface area contributed by atoms with E-state index in [9.17, 15) is 18.0 Å². The van der Waals surface area contributed by atoms with E-state index in [1.54, 1.807) is 6.07 Å². The molecule has 0 saturated carbocycles. The number of nitrogens with zero attached hydrogens (tertiary/aromatic N) is 1. The molecule has 27 heavy (non-hydrogen) atoms. The predicted octanol–water partition coefficient (Wildman–Crippen LogP) is 0.448. The maximum absolute atomic E-state index is 12.9. The Labute approximate surface area is 157 Å². The molecule has 2 heterocycles. The van der Waals surface area contributed by atoms with E-state index in [1.165, 1.54) is 23.4 Å². The molecule has 10 heteroatoms. The number of aliphatic carboxylic acids is 1. The molecule has 0 spiro atoms. The Hall–Kier alpha value is -2.33. The van der Waals surface area contributed by atoms with Crippen LogP contribution in [0, 0.1) is 5.92 Å². The number of nitrogens with one attached hydrogen (secondary N) is 1. The van der Waals surface area contributed by atoms with E-state index in [-0.39, 0.29) is 23.9 Å². The highest BCUT2D eigenvalue weighted by Crippen LogP contribution is 2.34. The Morgan fingerprint density at radius 1 is 1.19 bits per heavy atom. The number of carboxylic acids is 1. The van der Waals surface area contributed by atoms with Crippen molar-refractivity contribution in [3.63, 3.8) is 0 Å². The molecule has 0 aromatic heterocycles. The molecule has 1 atom stereocenters. The zero-order valence-electron chi connectivity index (χ0n) is 14.9. The standard InChI is InChI=1S/C17H22N2O7S/c1-11(17(21)22)18-16(20)12-4-6-19(7-5-12)27(23,24)13-2-3-14-15(10-13)26-9-8-25-14/h2-3,10-12H,4-9H2,1H3,(H,18,20)(H,21,22)/t11-/m0/s1. The lowest BCUT2D eigenvalue weighted by Gasteiger charge is -2.31. The van der Waals surface area contributed by atoms with Crippen molar-refractivity contribution in [1.29, 1.82) is 0 Å². The fourth-order valence-electron chi connectivity index (χ4n) is 3.08. The van der Waals surface area contributed by atoms with Crippen LogP contribution in [0.3, 0.4) is 0 Å². The predicted molar refractivity (Wildman–Crippen MR) is 94.2 cm³/mol. The molecule has 0 radical (unpaired) electrons. The average Bonchev–Trinajstić information content (AvgIpc) is 2.67. The first-order valence-electron chi connectivity index (χ1n) is 8.72. The molecule has 1 aromatic carbocycles.